The minimum absolute atomic E-state index is 0.214. The van der Waals surface area contributed by atoms with Gasteiger partial charge >= 0.3 is 11.9 Å². The molecule has 0 aliphatic carbocycles. The van der Waals surface area contributed by atoms with Gasteiger partial charge in [-0.1, -0.05) is 6.92 Å². The first kappa shape index (κ1) is 13.9. The molecule has 0 unspecified atom stereocenters. The average Bonchev–Trinajstić information content (AvgIpc) is 2.23. The first-order valence-electron chi connectivity index (χ1n) is 5.25. The SMILES string of the molecule is CCCOCCCNC(=O)C(=O)OCC. The minimum Gasteiger partial charge on any atom is -0.459 e. The lowest BCUT2D eigenvalue weighted by Crippen LogP contribution is -2.33. The summed E-state index contributed by atoms with van der Waals surface area (Å²) >= 11 is 0. The van der Waals surface area contributed by atoms with Crippen LogP contribution in [0.2, 0.25) is 0 Å². The maximum absolute atomic E-state index is 11.0. The Labute approximate surface area is 90.1 Å². The second-order valence-corrected chi connectivity index (χ2v) is 2.94. The third kappa shape index (κ3) is 7.93. The van der Waals surface area contributed by atoms with E-state index in [2.05, 4.69) is 10.1 Å². The van der Waals surface area contributed by atoms with Crippen LogP contribution >= 0.6 is 0 Å². The van der Waals surface area contributed by atoms with E-state index in [1.165, 1.54) is 0 Å². The van der Waals surface area contributed by atoms with Crippen molar-refractivity contribution in [2.75, 3.05) is 26.4 Å². The molecule has 0 saturated carbocycles. The average molecular weight is 217 g/mol. The molecule has 0 aromatic carbocycles. The van der Waals surface area contributed by atoms with Crippen LogP contribution in [0.3, 0.4) is 0 Å². The molecule has 1 amide bonds. The van der Waals surface area contributed by atoms with E-state index in [9.17, 15) is 9.59 Å². The van der Waals surface area contributed by atoms with Crippen molar-refractivity contribution in [3.8, 4) is 0 Å². The number of esters is 1. The molecule has 15 heavy (non-hydrogen) atoms. The summed E-state index contributed by atoms with van der Waals surface area (Å²) in [5, 5.41) is 2.45. The Morgan fingerprint density at radius 3 is 2.53 bits per heavy atom. The van der Waals surface area contributed by atoms with Gasteiger partial charge in [-0.3, -0.25) is 4.79 Å². The van der Waals surface area contributed by atoms with E-state index in [0.717, 1.165) is 13.0 Å². The fourth-order valence-corrected chi connectivity index (χ4v) is 0.891. The van der Waals surface area contributed by atoms with E-state index in [1.54, 1.807) is 6.92 Å². The van der Waals surface area contributed by atoms with Gasteiger partial charge in [-0.25, -0.2) is 4.79 Å². The molecule has 0 aromatic rings. The van der Waals surface area contributed by atoms with Gasteiger partial charge < -0.3 is 14.8 Å². The largest absolute Gasteiger partial charge is 0.459 e. The summed E-state index contributed by atoms with van der Waals surface area (Å²) in [5.74, 6) is -1.51. The number of carbonyl (C=O) groups is 2. The highest BCUT2D eigenvalue weighted by Crippen LogP contribution is 1.84. The predicted octanol–water partition coefficient (Wildman–Crippen LogP) is 0.482. The molecule has 88 valence electrons. The van der Waals surface area contributed by atoms with Crippen LogP contribution in [0.1, 0.15) is 26.7 Å². The normalized spacial score (nSPS) is 9.73. The Morgan fingerprint density at radius 1 is 1.20 bits per heavy atom. The summed E-state index contributed by atoms with van der Waals surface area (Å²) in [4.78, 5) is 21.8. The van der Waals surface area contributed by atoms with E-state index in [4.69, 9.17) is 4.74 Å². The lowest BCUT2D eigenvalue weighted by atomic mass is 10.4. The van der Waals surface area contributed by atoms with Gasteiger partial charge in [0.05, 0.1) is 6.61 Å². The Morgan fingerprint density at radius 2 is 1.93 bits per heavy atom. The lowest BCUT2D eigenvalue weighted by Gasteiger charge is -2.04. The topological polar surface area (TPSA) is 64.6 Å². The molecule has 0 radical (unpaired) electrons. The van der Waals surface area contributed by atoms with E-state index in [-0.39, 0.29) is 6.61 Å². The van der Waals surface area contributed by atoms with Crippen LogP contribution in [0.25, 0.3) is 0 Å². The molecule has 5 heteroatoms. The first-order chi connectivity index (χ1) is 7.22. The molecule has 0 aliphatic rings. The number of hydrogen-bond donors (Lipinski definition) is 1. The van der Waals surface area contributed by atoms with Gasteiger partial charge in [0, 0.05) is 19.8 Å². The summed E-state index contributed by atoms with van der Waals surface area (Å²) in [7, 11) is 0. The van der Waals surface area contributed by atoms with Crippen molar-refractivity contribution in [1.29, 1.82) is 0 Å². The van der Waals surface area contributed by atoms with Gasteiger partial charge in [0.2, 0.25) is 0 Å². The Kier molecular flexibility index (Phi) is 8.76. The zero-order valence-electron chi connectivity index (χ0n) is 9.38. The van der Waals surface area contributed by atoms with Gasteiger partial charge in [-0.15, -0.1) is 0 Å². The van der Waals surface area contributed by atoms with Crippen molar-refractivity contribution in [2.24, 2.45) is 0 Å². The zero-order chi connectivity index (χ0) is 11.5. The molecular weight excluding hydrogens is 198 g/mol. The zero-order valence-corrected chi connectivity index (χ0v) is 9.38. The second kappa shape index (κ2) is 9.45. The smallest absolute Gasteiger partial charge is 0.396 e. The Hall–Kier alpha value is -1.10. The number of rotatable bonds is 7. The molecule has 0 rings (SSSR count). The van der Waals surface area contributed by atoms with Crippen molar-refractivity contribution in [3.05, 3.63) is 0 Å². The number of ether oxygens (including phenoxy) is 2. The summed E-state index contributed by atoms with van der Waals surface area (Å²) in [6.45, 7) is 5.66. The van der Waals surface area contributed by atoms with Gasteiger partial charge in [0.25, 0.3) is 0 Å². The third-order valence-corrected chi connectivity index (χ3v) is 1.56. The van der Waals surface area contributed by atoms with Gasteiger partial charge in [-0.05, 0) is 19.8 Å². The highest BCUT2D eigenvalue weighted by molar-refractivity contribution is 6.32. The van der Waals surface area contributed by atoms with Crippen molar-refractivity contribution < 1.29 is 19.1 Å². The Bertz CT molecular complexity index is 194. The van der Waals surface area contributed by atoms with E-state index >= 15 is 0 Å². The van der Waals surface area contributed by atoms with Gasteiger partial charge in [0.15, 0.2) is 0 Å². The van der Waals surface area contributed by atoms with Gasteiger partial charge in [0.1, 0.15) is 0 Å². The van der Waals surface area contributed by atoms with Crippen LogP contribution in [0.5, 0.6) is 0 Å². The molecule has 0 saturated heterocycles. The lowest BCUT2D eigenvalue weighted by molar-refractivity contribution is -0.154. The van der Waals surface area contributed by atoms with Crippen LogP contribution in [0.15, 0.2) is 0 Å². The molecule has 0 heterocycles. The Balaban J connectivity index is 3.35. The van der Waals surface area contributed by atoms with Crippen LogP contribution < -0.4 is 5.32 Å². The first-order valence-corrected chi connectivity index (χ1v) is 5.25. The molecule has 0 spiro atoms. The summed E-state index contributed by atoms with van der Waals surface area (Å²) in [6.07, 6.45) is 1.68. The second-order valence-electron chi connectivity index (χ2n) is 2.94. The third-order valence-electron chi connectivity index (χ3n) is 1.56. The molecule has 0 atom stereocenters. The van der Waals surface area contributed by atoms with Crippen molar-refractivity contribution in [2.45, 2.75) is 26.7 Å². The molecule has 1 N–H and O–H groups in total. The van der Waals surface area contributed by atoms with Crippen molar-refractivity contribution in [1.82, 2.24) is 5.32 Å². The molecular formula is C10H19NO4. The van der Waals surface area contributed by atoms with E-state index in [1.807, 2.05) is 6.92 Å². The standard InChI is InChI=1S/C10H19NO4/c1-3-7-14-8-5-6-11-9(12)10(13)15-4-2/h3-8H2,1-2H3,(H,11,12). The quantitative estimate of drug-likeness (QED) is 0.383. The highest BCUT2D eigenvalue weighted by Gasteiger charge is 2.12. The number of amides is 1. The van der Waals surface area contributed by atoms with Crippen LogP contribution in [0, 0.1) is 0 Å². The summed E-state index contributed by atoms with van der Waals surface area (Å²) < 4.78 is 9.72. The molecule has 0 bridgehead atoms. The minimum atomic E-state index is -0.827. The monoisotopic (exact) mass is 217 g/mol. The van der Waals surface area contributed by atoms with E-state index in [0.29, 0.717) is 19.6 Å². The molecule has 5 nitrogen and oxygen atoms in total. The number of carbonyl (C=O) groups excluding carboxylic acids is 2. The van der Waals surface area contributed by atoms with Crippen LogP contribution in [0.4, 0.5) is 0 Å². The fraction of sp³-hybridized carbons (Fsp3) is 0.800. The van der Waals surface area contributed by atoms with Gasteiger partial charge in [-0.2, -0.15) is 0 Å². The fourth-order valence-electron chi connectivity index (χ4n) is 0.891. The number of hydrogen-bond acceptors (Lipinski definition) is 4. The number of nitrogens with one attached hydrogen (secondary N) is 1. The van der Waals surface area contributed by atoms with Crippen LogP contribution in [-0.4, -0.2) is 38.2 Å². The maximum atomic E-state index is 11.0. The molecule has 0 fully saturated rings. The van der Waals surface area contributed by atoms with E-state index < -0.39 is 11.9 Å². The highest BCUT2D eigenvalue weighted by atomic mass is 16.5. The molecule has 0 aliphatic heterocycles. The predicted molar refractivity (Wildman–Crippen MR) is 55.4 cm³/mol. The maximum Gasteiger partial charge on any atom is 0.396 e. The van der Waals surface area contributed by atoms with Crippen molar-refractivity contribution >= 4 is 11.9 Å². The summed E-state index contributed by atoms with van der Waals surface area (Å²) in [5.41, 5.74) is 0. The van der Waals surface area contributed by atoms with Crippen LogP contribution in [-0.2, 0) is 19.1 Å². The summed E-state index contributed by atoms with van der Waals surface area (Å²) in [6, 6.07) is 0. The van der Waals surface area contributed by atoms with Crippen molar-refractivity contribution in [3.63, 3.8) is 0 Å². The molecule has 0 aromatic heterocycles.